The molecular formula is C17H18N4O3. The third kappa shape index (κ3) is 2.78. The molecule has 124 valence electrons. The first-order chi connectivity index (χ1) is 11.7. The first kappa shape index (κ1) is 14.9. The van der Waals surface area contributed by atoms with Crippen molar-refractivity contribution >= 4 is 11.3 Å². The van der Waals surface area contributed by atoms with Gasteiger partial charge < -0.3 is 9.84 Å². The lowest BCUT2D eigenvalue weighted by molar-refractivity contribution is 0.0484. The molecule has 0 bridgehead atoms. The standard InChI is InChI=1S/C17H18N4O3/c22-13-5-3-12(4-6-13)14-8-18-15-16(19-14)21(17(23)20-15)9-11-2-1-7-24-10-11/h3-6,8,11,22H,1-2,7,9-10H2,(H,18,20,23). The van der Waals surface area contributed by atoms with Crippen LogP contribution in [0.15, 0.2) is 35.3 Å². The second kappa shape index (κ2) is 6.09. The lowest BCUT2D eigenvalue weighted by Gasteiger charge is -2.21. The highest BCUT2D eigenvalue weighted by Gasteiger charge is 2.18. The molecule has 3 aromatic rings. The van der Waals surface area contributed by atoms with E-state index in [4.69, 9.17) is 4.74 Å². The van der Waals surface area contributed by atoms with Crippen molar-refractivity contribution in [1.29, 1.82) is 0 Å². The average molecular weight is 326 g/mol. The SMILES string of the molecule is O=c1[nH]c2ncc(-c3ccc(O)cc3)nc2n1CC1CCCOC1. The number of phenolic OH excluding ortho intramolecular Hbond substituents is 1. The molecule has 2 N–H and O–H groups in total. The number of benzene rings is 1. The lowest BCUT2D eigenvalue weighted by Crippen LogP contribution is -2.27. The maximum absolute atomic E-state index is 12.3. The van der Waals surface area contributed by atoms with E-state index in [9.17, 15) is 9.90 Å². The van der Waals surface area contributed by atoms with Gasteiger partial charge in [-0.3, -0.25) is 9.55 Å². The van der Waals surface area contributed by atoms with Gasteiger partial charge >= 0.3 is 5.69 Å². The van der Waals surface area contributed by atoms with Crippen LogP contribution < -0.4 is 5.69 Å². The third-order valence-electron chi connectivity index (χ3n) is 4.34. The summed E-state index contributed by atoms with van der Waals surface area (Å²) in [6.45, 7) is 2.04. The maximum Gasteiger partial charge on any atom is 0.328 e. The van der Waals surface area contributed by atoms with Crippen LogP contribution in [0, 0.1) is 5.92 Å². The van der Waals surface area contributed by atoms with E-state index in [1.165, 1.54) is 0 Å². The monoisotopic (exact) mass is 326 g/mol. The molecule has 1 saturated heterocycles. The van der Waals surface area contributed by atoms with Gasteiger partial charge in [0.15, 0.2) is 11.3 Å². The Hall–Kier alpha value is -2.67. The van der Waals surface area contributed by atoms with Gasteiger partial charge in [0, 0.05) is 24.6 Å². The molecule has 7 nitrogen and oxygen atoms in total. The number of nitrogens with one attached hydrogen (secondary N) is 1. The Labute approximate surface area is 138 Å². The number of phenols is 1. The summed E-state index contributed by atoms with van der Waals surface area (Å²) >= 11 is 0. The fraction of sp³-hybridized carbons (Fsp3) is 0.353. The predicted octanol–water partition coefficient (Wildman–Crippen LogP) is 1.92. The fourth-order valence-electron chi connectivity index (χ4n) is 3.07. The molecule has 0 spiro atoms. The van der Waals surface area contributed by atoms with Crippen LogP contribution in [-0.2, 0) is 11.3 Å². The molecule has 0 amide bonds. The molecule has 2 aromatic heterocycles. The highest BCUT2D eigenvalue weighted by atomic mass is 16.5. The first-order valence-electron chi connectivity index (χ1n) is 8.03. The number of imidazole rings is 1. The van der Waals surface area contributed by atoms with Gasteiger partial charge in [0.2, 0.25) is 0 Å². The van der Waals surface area contributed by atoms with Gasteiger partial charge in [-0.2, -0.15) is 0 Å². The average Bonchev–Trinajstić information content (AvgIpc) is 2.91. The van der Waals surface area contributed by atoms with Crippen molar-refractivity contribution in [2.24, 2.45) is 5.92 Å². The van der Waals surface area contributed by atoms with Crippen molar-refractivity contribution in [2.75, 3.05) is 13.2 Å². The molecule has 1 aliphatic heterocycles. The van der Waals surface area contributed by atoms with E-state index >= 15 is 0 Å². The summed E-state index contributed by atoms with van der Waals surface area (Å²) in [6.07, 6.45) is 3.69. The van der Waals surface area contributed by atoms with Crippen molar-refractivity contribution < 1.29 is 9.84 Å². The van der Waals surface area contributed by atoms with E-state index in [-0.39, 0.29) is 11.4 Å². The van der Waals surface area contributed by atoms with Crippen LogP contribution in [0.5, 0.6) is 5.75 Å². The summed E-state index contributed by atoms with van der Waals surface area (Å²) in [7, 11) is 0. The second-order valence-electron chi connectivity index (χ2n) is 6.10. The predicted molar refractivity (Wildman–Crippen MR) is 88.8 cm³/mol. The molecule has 1 aliphatic rings. The molecule has 24 heavy (non-hydrogen) atoms. The van der Waals surface area contributed by atoms with Crippen LogP contribution in [0.2, 0.25) is 0 Å². The number of aromatic amines is 1. The number of rotatable bonds is 3. The van der Waals surface area contributed by atoms with Crippen molar-refractivity contribution in [1.82, 2.24) is 19.5 Å². The zero-order valence-corrected chi connectivity index (χ0v) is 13.1. The van der Waals surface area contributed by atoms with Crippen LogP contribution in [0.4, 0.5) is 0 Å². The number of hydrogen-bond donors (Lipinski definition) is 2. The largest absolute Gasteiger partial charge is 0.508 e. The van der Waals surface area contributed by atoms with Crippen LogP contribution in [0.25, 0.3) is 22.6 Å². The fourth-order valence-corrected chi connectivity index (χ4v) is 3.07. The van der Waals surface area contributed by atoms with Crippen LogP contribution >= 0.6 is 0 Å². The van der Waals surface area contributed by atoms with Gasteiger partial charge in [0.05, 0.1) is 18.5 Å². The minimum Gasteiger partial charge on any atom is -0.508 e. The number of nitrogens with zero attached hydrogens (tertiary/aromatic N) is 3. The Morgan fingerprint density at radius 2 is 2.17 bits per heavy atom. The normalized spacial score (nSPS) is 18.1. The van der Waals surface area contributed by atoms with Gasteiger partial charge in [-0.1, -0.05) is 0 Å². The Kier molecular flexibility index (Phi) is 3.78. The number of aromatic nitrogens is 4. The molecule has 3 heterocycles. The molecule has 1 aromatic carbocycles. The summed E-state index contributed by atoms with van der Waals surface area (Å²) in [5, 5.41) is 9.41. The number of H-pyrrole nitrogens is 1. The molecule has 0 aliphatic carbocycles. The summed E-state index contributed by atoms with van der Waals surface area (Å²) in [5.41, 5.74) is 2.34. The molecule has 0 radical (unpaired) electrons. The Morgan fingerprint density at radius 1 is 1.33 bits per heavy atom. The van der Waals surface area contributed by atoms with Crippen LogP contribution in [0.3, 0.4) is 0 Å². The molecule has 4 rings (SSSR count). The van der Waals surface area contributed by atoms with Crippen molar-refractivity contribution in [3.63, 3.8) is 0 Å². The molecule has 1 fully saturated rings. The molecule has 0 saturated carbocycles. The second-order valence-corrected chi connectivity index (χ2v) is 6.10. The smallest absolute Gasteiger partial charge is 0.328 e. The van der Waals surface area contributed by atoms with Gasteiger partial charge in [-0.05, 0) is 37.1 Å². The highest BCUT2D eigenvalue weighted by Crippen LogP contribution is 2.22. The number of ether oxygens (including phenoxy) is 1. The highest BCUT2D eigenvalue weighted by molar-refractivity contribution is 5.71. The summed E-state index contributed by atoms with van der Waals surface area (Å²) in [6, 6.07) is 6.75. The van der Waals surface area contributed by atoms with Crippen molar-refractivity contribution in [3.8, 4) is 17.0 Å². The zero-order chi connectivity index (χ0) is 16.5. The molecule has 1 atom stereocenters. The quantitative estimate of drug-likeness (QED) is 0.767. The van der Waals surface area contributed by atoms with E-state index in [0.717, 1.165) is 25.0 Å². The number of hydrogen-bond acceptors (Lipinski definition) is 5. The topological polar surface area (TPSA) is 93.0 Å². The van der Waals surface area contributed by atoms with Crippen molar-refractivity contribution in [2.45, 2.75) is 19.4 Å². The minimum atomic E-state index is -0.196. The van der Waals surface area contributed by atoms with Gasteiger partial charge in [-0.15, -0.1) is 0 Å². The van der Waals surface area contributed by atoms with Crippen LogP contribution in [-0.4, -0.2) is 37.8 Å². The number of aromatic hydroxyl groups is 1. The molecule has 1 unspecified atom stereocenters. The van der Waals surface area contributed by atoms with Gasteiger partial charge in [0.1, 0.15) is 5.75 Å². The lowest BCUT2D eigenvalue weighted by atomic mass is 10.0. The maximum atomic E-state index is 12.3. The Balaban J connectivity index is 1.73. The van der Waals surface area contributed by atoms with Gasteiger partial charge in [-0.25, -0.2) is 14.8 Å². The first-order valence-corrected chi connectivity index (χ1v) is 8.03. The van der Waals surface area contributed by atoms with Crippen molar-refractivity contribution in [3.05, 3.63) is 40.9 Å². The summed E-state index contributed by atoms with van der Waals surface area (Å²) < 4.78 is 7.15. The molecule has 7 heteroatoms. The summed E-state index contributed by atoms with van der Waals surface area (Å²) in [5.74, 6) is 0.512. The van der Waals surface area contributed by atoms with E-state index in [2.05, 4.69) is 15.0 Å². The van der Waals surface area contributed by atoms with Crippen LogP contribution in [0.1, 0.15) is 12.8 Å². The van der Waals surface area contributed by atoms with E-state index in [1.807, 2.05) is 0 Å². The van der Waals surface area contributed by atoms with E-state index in [1.54, 1.807) is 35.0 Å². The Morgan fingerprint density at radius 3 is 2.92 bits per heavy atom. The number of fused-ring (bicyclic) bond motifs is 1. The van der Waals surface area contributed by atoms with E-state index < -0.39 is 0 Å². The molecular weight excluding hydrogens is 308 g/mol. The third-order valence-corrected chi connectivity index (χ3v) is 4.34. The minimum absolute atomic E-state index is 0.196. The van der Waals surface area contributed by atoms with Gasteiger partial charge in [0.25, 0.3) is 0 Å². The summed E-state index contributed by atoms with van der Waals surface area (Å²) in [4.78, 5) is 23.9. The Bertz CT molecular complexity index is 908. The zero-order valence-electron chi connectivity index (χ0n) is 13.1. The van der Waals surface area contributed by atoms with E-state index in [0.29, 0.717) is 36.1 Å².